The second-order valence-corrected chi connectivity index (χ2v) is 5.01. The Morgan fingerprint density at radius 2 is 2.08 bits per heavy atom. The van der Waals surface area contributed by atoms with Crippen LogP contribution in [0.5, 0.6) is 11.6 Å². The van der Waals surface area contributed by atoms with Crippen LogP contribution in [-0.4, -0.2) is 20.7 Å². The molecule has 2 aromatic rings. The predicted molar refractivity (Wildman–Crippen MR) is 79.5 cm³/mol. The number of non-ortho nitro benzene ring substituents is 1. The lowest BCUT2D eigenvalue weighted by Crippen LogP contribution is -2.22. The van der Waals surface area contributed by atoms with E-state index in [-0.39, 0.29) is 5.88 Å². The molecule has 25 heavy (non-hydrogen) atoms. The van der Waals surface area contributed by atoms with E-state index in [1.165, 1.54) is 6.92 Å². The van der Waals surface area contributed by atoms with Gasteiger partial charge in [-0.2, -0.15) is 17.9 Å². The first-order valence-electron chi connectivity index (χ1n) is 6.98. The van der Waals surface area contributed by atoms with Crippen LogP contribution in [0.2, 0.25) is 0 Å². The van der Waals surface area contributed by atoms with Crippen molar-refractivity contribution in [3.8, 4) is 11.6 Å². The number of nitrogens with zero attached hydrogens (tertiary/aromatic N) is 3. The number of nitro groups is 1. The van der Waals surface area contributed by atoms with Crippen LogP contribution in [-0.2, 0) is 12.6 Å². The summed E-state index contributed by atoms with van der Waals surface area (Å²) in [4.78, 5) is 21.1. The number of primary amides is 1. The summed E-state index contributed by atoms with van der Waals surface area (Å²) in [6.45, 7) is 3.21. The molecule has 2 rings (SSSR count). The number of alkyl halides is 3. The van der Waals surface area contributed by atoms with Gasteiger partial charge in [0.2, 0.25) is 5.88 Å². The summed E-state index contributed by atoms with van der Waals surface area (Å²) < 4.78 is 45.6. The van der Waals surface area contributed by atoms with Crippen LogP contribution in [0.15, 0.2) is 18.2 Å². The number of amides is 1. The van der Waals surface area contributed by atoms with E-state index >= 15 is 0 Å². The van der Waals surface area contributed by atoms with Crippen molar-refractivity contribution >= 4 is 11.7 Å². The molecule has 11 heteroatoms. The maximum atomic E-state index is 13.2. The van der Waals surface area contributed by atoms with E-state index in [1.807, 2.05) is 0 Å². The van der Waals surface area contributed by atoms with Gasteiger partial charge in [-0.3, -0.25) is 10.1 Å². The first-order chi connectivity index (χ1) is 11.6. The molecule has 1 aromatic heterocycles. The molecule has 0 bridgehead atoms. The van der Waals surface area contributed by atoms with Crippen LogP contribution in [0.3, 0.4) is 0 Å². The summed E-state index contributed by atoms with van der Waals surface area (Å²) in [6, 6.07) is 1.17. The number of benzene rings is 1. The van der Waals surface area contributed by atoms with E-state index in [9.17, 15) is 28.1 Å². The van der Waals surface area contributed by atoms with Gasteiger partial charge in [-0.15, -0.1) is 5.10 Å². The standard InChI is InChI=1S/C14H13F3N4O4/c1-3-9-7(2)20(13(18)22)19-12(9)25-11-5-4-8(21(23)24)6-10(11)14(15,16)17/h4-6H,3H2,1-2H3,(H2,18,22). The Morgan fingerprint density at radius 1 is 1.44 bits per heavy atom. The minimum absolute atomic E-state index is 0.224. The van der Waals surface area contributed by atoms with Gasteiger partial charge >= 0.3 is 12.2 Å². The van der Waals surface area contributed by atoms with E-state index in [1.54, 1.807) is 6.92 Å². The lowest BCUT2D eigenvalue weighted by molar-refractivity contribution is -0.385. The molecular weight excluding hydrogens is 345 g/mol. The fraction of sp³-hybridized carbons (Fsp3) is 0.286. The third kappa shape index (κ3) is 3.54. The first kappa shape index (κ1) is 18.2. The van der Waals surface area contributed by atoms with Crippen molar-refractivity contribution in [1.29, 1.82) is 0 Å². The van der Waals surface area contributed by atoms with Gasteiger partial charge in [0, 0.05) is 17.7 Å². The predicted octanol–water partition coefficient (Wildman–Crippen LogP) is 3.40. The molecule has 1 amide bonds. The topological polar surface area (TPSA) is 113 Å². The summed E-state index contributed by atoms with van der Waals surface area (Å²) >= 11 is 0. The molecule has 0 aliphatic carbocycles. The van der Waals surface area contributed by atoms with Gasteiger partial charge in [-0.1, -0.05) is 6.92 Å². The fourth-order valence-electron chi connectivity index (χ4n) is 2.26. The molecule has 0 aliphatic heterocycles. The number of nitro benzene ring substituents is 1. The summed E-state index contributed by atoms with van der Waals surface area (Å²) in [7, 11) is 0. The van der Waals surface area contributed by atoms with Crippen molar-refractivity contribution in [3.05, 3.63) is 45.1 Å². The highest BCUT2D eigenvalue weighted by atomic mass is 19.4. The van der Waals surface area contributed by atoms with Crippen LogP contribution in [0.1, 0.15) is 23.7 Å². The van der Waals surface area contributed by atoms with Crippen LogP contribution in [0.4, 0.5) is 23.7 Å². The summed E-state index contributed by atoms with van der Waals surface area (Å²) in [6.07, 6.45) is -4.56. The highest BCUT2D eigenvalue weighted by Gasteiger charge is 2.37. The molecule has 0 spiro atoms. The molecule has 0 atom stereocenters. The van der Waals surface area contributed by atoms with Gasteiger partial charge in [0.1, 0.15) is 11.3 Å². The van der Waals surface area contributed by atoms with Crippen molar-refractivity contribution in [2.45, 2.75) is 26.4 Å². The number of hydrogen-bond acceptors (Lipinski definition) is 5. The van der Waals surface area contributed by atoms with Crippen LogP contribution >= 0.6 is 0 Å². The van der Waals surface area contributed by atoms with Crippen molar-refractivity contribution < 1.29 is 27.6 Å². The number of carbonyl (C=O) groups excluding carboxylic acids is 1. The average Bonchev–Trinajstić information content (AvgIpc) is 2.82. The zero-order chi connectivity index (χ0) is 18.9. The summed E-state index contributed by atoms with van der Waals surface area (Å²) in [5.41, 5.74) is 3.82. The lowest BCUT2D eigenvalue weighted by Gasteiger charge is -2.12. The smallest absolute Gasteiger partial charge is 0.420 e. The molecule has 0 unspecified atom stereocenters. The Balaban J connectivity index is 2.56. The number of hydrogen-bond donors (Lipinski definition) is 1. The molecule has 1 aromatic carbocycles. The van der Waals surface area contributed by atoms with Gasteiger partial charge in [-0.25, -0.2) is 4.79 Å². The maximum Gasteiger partial charge on any atom is 0.420 e. The minimum atomic E-state index is -4.88. The number of ether oxygens (including phenoxy) is 1. The van der Waals surface area contributed by atoms with Gasteiger partial charge in [0.25, 0.3) is 5.69 Å². The molecule has 8 nitrogen and oxygen atoms in total. The first-order valence-corrected chi connectivity index (χ1v) is 6.98. The molecule has 0 saturated carbocycles. The van der Waals surface area contributed by atoms with Gasteiger partial charge in [0.05, 0.1) is 10.6 Å². The molecule has 0 saturated heterocycles. The zero-order valence-electron chi connectivity index (χ0n) is 13.1. The minimum Gasteiger partial charge on any atom is -0.437 e. The molecule has 134 valence electrons. The van der Waals surface area contributed by atoms with Crippen molar-refractivity contribution in [1.82, 2.24) is 9.78 Å². The average molecular weight is 358 g/mol. The monoisotopic (exact) mass is 358 g/mol. The second-order valence-electron chi connectivity index (χ2n) is 5.01. The highest BCUT2D eigenvalue weighted by molar-refractivity contribution is 5.75. The Morgan fingerprint density at radius 3 is 2.56 bits per heavy atom. The van der Waals surface area contributed by atoms with E-state index in [0.29, 0.717) is 23.7 Å². The van der Waals surface area contributed by atoms with E-state index in [4.69, 9.17) is 10.5 Å². The molecule has 0 radical (unpaired) electrons. The number of nitrogens with two attached hydrogens (primary N) is 1. The van der Waals surface area contributed by atoms with Gasteiger partial charge < -0.3 is 10.5 Å². The Bertz CT molecular complexity index is 845. The second kappa shape index (κ2) is 6.42. The molecular formula is C14H13F3N4O4. The maximum absolute atomic E-state index is 13.2. The normalized spacial score (nSPS) is 11.4. The third-order valence-corrected chi connectivity index (χ3v) is 3.45. The summed E-state index contributed by atoms with van der Waals surface area (Å²) in [5, 5.41) is 14.5. The number of halogens is 3. The SMILES string of the molecule is CCc1c(Oc2ccc([N+](=O)[O-])cc2C(F)(F)F)nn(C(N)=O)c1C. The Kier molecular flexibility index (Phi) is 4.68. The zero-order valence-corrected chi connectivity index (χ0v) is 13.1. The molecule has 2 N–H and O–H groups in total. The van der Waals surface area contributed by atoms with E-state index in [0.717, 1.165) is 16.8 Å². The van der Waals surface area contributed by atoms with E-state index < -0.39 is 34.1 Å². The van der Waals surface area contributed by atoms with Gasteiger partial charge in [0.15, 0.2) is 0 Å². The van der Waals surface area contributed by atoms with Crippen LogP contribution < -0.4 is 10.5 Å². The number of rotatable bonds is 4. The van der Waals surface area contributed by atoms with E-state index in [2.05, 4.69) is 5.10 Å². The molecule has 1 heterocycles. The third-order valence-electron chi connectivity index (χ3n) is 3.45. The fourth-order valence-corrected chi connectivity index (χ4v) is 2.26. The lowest BCUT2D eigenvalue weighted by atomic mass is 10.1. The van der Waals surface area contributed by atoms with Crippen LogP contribution in [0.25, 0.3) is 0 Å². The van der Waals surface area contributed by atoms with Crippen molar-refractivity contribution in [3.63, 3.8) is 0 Å². The quantitative estimate of drug-likeness (QED) is 0.665. The highest BCUT2D eigenvalue weighted by Crippen LogP contribution is 2.40. The Labute approximate surface area is 139 Å². The Hall–Kier alpha value is -3.11. The number of aromatic nitrogens is 2. The van der Waals surface area contributed by atoms with Crippen molar-refractivity contribution in [2.75, 3.05) is 0 Å². The van der Waals surface area contributed by atoms with Gasteiger partial charge in [-0.05, 0) is 19.4 Å². The van der Waals surface area contributed by atoms with Crippen LogP contribution in [0, 0.1) is 17.0 Å². The molecule has 0 aliphatic rings. The van der Waals surface area contributed by atoms with Crippen molar-refractivity contribution in [2.24, 2.45) is 5.73 Å². The largest absolute Gasteiger partial charge is 0.437 e. The molecule has 0 fully saturated rings. The summed E-state index contributed by atoms with van der Waals surface area (Å²) in [5.74, 6) is -0.889. The number of carbonyl (C=O) groups is 1.